The molecule has 0 saturated carbocycles. The third-order valence-electron chi connectivity index (χ3n) is 2.03. The van der Waals surface area contributed by atoms with E-state index < -0.39 is 19.0 Å². The first-order valence-corrected chi connectivity index (χ1v) is 5.07. The Kier molecular flexibility index (Phi) is 5.27. The predicted molar refractivity (Wildman–Crippen MR) is 55.7 cm³/mol. The van der Waals surface area contributed by atoms with Crippen molar-refractivity contribution in [3.8, 4) is 5.75 Å². The van der Waals surface area contributed by atoms with Gasteiger partial charge < -0.3 is 19.7 Å². The maximum absolute atomic E-state index is 12.0. The highest BCUT2D eigenvalue weighted by Gasteiger charge is 2.20. The van der Waals surface area contributed by atoms with Crippen molar-refractivity contribution in [1.82, 2.24) is 0 Å². The van der Waals surface area contributed by atoms with Gasteiger partial charge in [0, 0.05) is 6.61 Å². The first-order chi connectivity index (χ1) is 8.04. The molecule has 0 aliphatic heterocycles. The van der Waals surface area contributed by atoms with Gasteiger partial charge in [-0.1, -0.05) is 12.1 Å². The van der Waals surface area contributed by atoms with Crippen LogP contribution < -0.4 is 4.74 Å². The van der Waals surface area contributed by atoms with Crippen LogP contribution in [-0.4, -0.2) is 29.7 Å². The van der Waals surface area contributed by atoms with Gasteiger partial charge in [0.05, 0.1) is 0 Å². The van der Waals surface area contributed by atoms with E-state index in [0.717, 1.165) is 0 Å². The summed E-state index contributed by atoms with van der Waals surface area (Å²) in [6, 6.07) is 5.65. The van der Waals surface area contributed by atoms with Gasteiger partial charge in [-0.3, -0.25) is 0 Å². The minimum atomic E-state index is -2.92. The van der Waals surface area contributed by atoms with Gasteiger partial charge in [-0.25, -0.2) is 0 Å². The molecule has 1 aromatic carbocycles. The van der Waals surface area contributed by atoms with Crippen molar-refractivity contribution in [3.05, 3.63) is 29.8 Å². The molecule has 1 unspecified atom stereocenters. The predicted octanol–water partition coefficient (Wildman–Crippen LogP) is 1.68. The lowest BCUT2D eigenvalue weighted by molar-refractivity contribution is -0.146. The van der Waals surface area contributed by atoms with Gasteiger partial charge in [-0.05, 0) is 24.6 Å². The van der Waals surface area contributed by atoms with E-state index in [4.69, 9.17) is 14.9 Å². The van der Waals surface area contributed by atoms with Crippen molar-refractivity contribution in [2.75, 3.05) is 6.61 Å². The lowest BCUT2D eigenvalue weighted by atomic mass is 10.1. The molecule has 6 heteroatoms. The van der Waals surface area contributed by atoms with E-state index in [0.29, 0.717) is 5.56 Å². The van der Waals surface area contributed by atoms with Crippen LogP contribution in [0.1, 0.15) is 18.6 Å². The highest BCUT2D eigenvalue weighted by Crippen LogP contribution is 2.25. The Balaban J connectivity index is 2.87. The summed E-state index contributed by atoms with van der Waals surface area (Å²) in [6.45, 7) is -0.966. The lowest BCUT2D eigenvalue weighted by Gasteiger charge is -2.19. The maximum Gasteiger partial charge on any atom is 0.387 e. The fraction of sp³-hybridized carbons (Fsp3) is 0.455. The van der Waals surface area contributed by atoms with Crippen molar-refractivity contribution < 1.29 is 28.5 Å². The van der Waals surface area contributed by atoms with Crippen LogP contribution in [0.5, 0.6) is 5.75 Å². The van der Waals surface area contributed by atoms with E-state index in [1.54, 1.807) is 6.92 Å². The van der Waals surface area contributed by atoms with Crippen LogP contribution in [0.4, 0.5) is 8.78 Å². The summed E-state index contributed by atoms with van der Waals surface area (Å²) >= 11 is 0. The Bertz CT molecular complexity index is 344. The molecule has 2 N–H and O–H groups in total. The van der Waals surface area contributed by atoms with Crippen LogP contribution in [0.2, 0.25) is 0 Å². The third kappa shape index (κ3) is 4.26. The summed E-state index contributed by atoms with van der Waals surface area (Å²) in [4.78, 5) is 0. The van der Waals surface area contributed by atoms with Gasteiger partial charge in [0.25, 0.3) is 0 Å². The minimum absolute atomic E-state index is 0.0529. The van der Waals surface area contributed by atoms with Crippen molar-refractivity contribution >= 4 is 0 Å². The molecule has 0 amide bonds. The first kappa shape index (κ1) is 13.8. The molecule has 0 spiro atoms. The molecule has 1 atom stereocenters. The molecule has 4 nitrogen and oxygen atoms in total. The second-order valence-corrected chi connectivity index (χ2v) is 3.24. The fourth-order valence-corrected chi connectivity index (χ4v) is 1.40. The van der Waals surface area contributed by atoms with E-state index in [9.17, 15) is 8.78 Å². The molecule has 0 saturated heterocycles. The molecular formula is C11H14F2O4. The fourth-order valence-electron chi connectivity index (χ4n) is 1.40. The molecule has 0 fully saturated rings. The Morgan fingerprint density at radius 3 is 2.53 bits per heavy atom. The van der Waals surface area contributed by atoms with Crippen molar-refractivity contribution in [1.29, 1.82) is 0 Å². The molecule has 0 bridgehead atoms. The number of ether oxygens (including phenoxy) is 2. The lowest BCUT2D eigenvalue weighted by Crippen LogP contribution is -2.20. The molecule has 1 rings (SSSR count). The standard InChI is InChI=1S/C11H14F2O4/c1-2-16-9(10(14)15)7-4-3-5-8(6-7)17-11(12)13/h3-6,9-11,14-15H,2H2,1H3. The number of aliphatic hydroxyl groups excluding tert-OH is 1. The molecular weight excluding hydrogens is 234 g/mol. The largest absolute Gasteiger partial charge is 0.435 e. The Morgan fingerprint density at radius 1 is 1.29 bits per heavy atom. The smallest absolute Gasteiger partial charge is 0.387 e. The molecule has 0 aromatic heterocycles. The highest BCUT2D eigenvalue weighted by molar-refractivity contribution is 5.30. The topological polar surface area (TPSA) is 58.9 Å². The van der Waals surface area contributed by atoms with Crippen molar-refractivity contribution in [2.45, 2.75) is 25.9 Å². The molecule has 0 heterocycles. The van der Waals surface area contributed by atoms with Crippen LogP contribution in [0.25, 0.3) is 0 Å². The quantitative estimate of drug-likeness (QED) is 0.752. The summed E-state index contributed by atoms with van der Waals surface area (Å²) in [5, 5.41) is 18.2. The molecule has 17 heavy (non-hydrogen) atoms. The van der Waals surface area contributed by atoms with Crippen LogP contribution in [-0.2, 0) is 4.74 Å². The van der Waals surface area contributed by atoms with E-state index in [-0.39, 0.29) is 12.4 Å². The molecule has 96 valence electrons. The highest BCUT2D eigenvalue weighted by atomic mass is 19.3. The normalized spacial score (nSPS) is 13.1. The Morgan fingerprint density at radius 2 is 2.00 bits per heavy atom. The van der Waals surface area contributed by atoms with E-state index >= 15 is 0 Å². The number of hydrogen-bond acceptors (Lipinski definition) is 4. The average molecular weight is 248 g/mol. The summed E-state index contributed by atoms with van der Waals surface area (Å²) < 4.78 is 33.3. The molecule has 0 aliphatic rings. The van der Waals surface area contributed by atoms with Gasteiger partial charge in [-0.2, -0.15) is 8.78 Å². The minimum Gasteiger partial charge on any atom is -0.435 e. The summed E-state index contributed by atoms with van der Waals surface area (Å²) in [7, 11) is 0. The van der Waals surface area contributed by atoms with Crippen LogP contribution in [0.3, 0.4) is 0 Å². The van der Waals surface area contributed by atoms with E-state index in [1.165, 1.54) is 24.3 Å². The molecule has 0 aliphatic carbocycles. The summed E-state index contributed by atoms with van der Waals surface area (Å²) in [5.74, 6) is -0.0529. The Hall–Kier alpha value is -1.24. The Labute approximate surface area is 97.4 Å². The number of aliphatic hydroxyl groups is 2. The summed E-state index contributed by atoms with van der Waals surface area (Å²) in [6.07, 6.45) is -2.71. The number of benzene rings is 1. The zero-order valence-corrected chi connectivity index (χ0v) is 9.22. The average Bonchev–Trinajstić information content (AvgIpc) is 2.24. The monoisotopic (exact) mass is 248 g/mol. The van der Waals surface area contributed by atoms with Gasteiger partial charge in [0.1, 0.15) is 11.9 Å². The maximum atomic E-state index is 12.0. The van der Waals surface area contributed by atoms with Crippen LogP contribution in [0.15, 0.2) is 24.3 Å². The van der Waals surface area contributed by atoms with Crippen molar-refractivity contribution in [2.24, 2.45) is 0 Å². The van der Waals surface area contributed by atoms with Crippen molar-refractivity contribution in [3.63, 3.8) is 0 Å². The molecule has 0 radical (unpaired) electrons. The number of rotatable bonds is 6. The number of halogens is 2. The zero-order chi connectivity index (χ0) is 12.8. The van der Waals surface area contributed by atoms with Gasteiger partial charge in [0.2, 0.25) is 0 Å². The van der Waals surface area contributed by atoms with Gasteiger partial charge >= 0.3 is 6.61 Å². The van der Waals surface area contributed by atoms with Gasteiger partial charge in [-0.15, -0.1) is 0 Å². The van der Waals surface area contributed by atoms with E-state index in [1.807, 2.05) is 0 Å². The van der Waals surface area contributed by atoms with Crippen LogP contribution in [0, 0.1) is 0 Å². The third-order valence-corrected chi connectivity index (χ3v) is 2.03. The van der Waals surface area contributed by atoms with Crippen LogP contribution >= 0.6 is 0 Å². The second-order valence-electron chi connectivity index (χ2n) is 3.24. The van der Waals surface area contributed by atoms with E-state index in [2.05, 4.69) is 4.74 Å². The number of alkyl halides is 2. The summed E-state index contributed by atoms with van der Waals surface area (Å²) in [5.41, 5.74) is 0.361. The zero-order valence-electron chi connectivity index (χ0n) is 9.22. The second kappa shape index (κ2) is 6.48. The number of hydrogen-bond donors (Lipinski definition) is 2. The van der Waals surface area contributed by atoms with Gasteiger partial charge in [0.15, 0.2) is 6.29 Å². The first-order valence-electron chi connectivity index (χ1n) is 5.07. The molecule has 1 aromatic rings. The SMILES string of the molecule is CCOC(c1cccc(OC(F)F)c1)C(O)O.